The number of rotatable bonds is 8. The molecule has 2 rings (SSSR count). The zero-order chi connectivity index (χ0) is 18.2. The predicted molar refractivity (Wildman–Crippen MR) is 97.7 cm³/mol. The van der Waals surface area contributed by atoms with Gasteiger partial charge >= 0.3 is 0 Å². The number of thiazole rings is 1. The Labute approximate surface area is 153 Å². The Morgan fingerprint density at radius 3 is 2.96 bits per heavy atom. The van der Waals surface area contributed by atoms with Crippen LogP contribution >= 0.6 is 11.3 Å². The summed E-state index contributed by atoms with van der Waals surface area (Å²) in [6.45, 7) is 4.97. The highest BCUT2D eigenvalue weighted by atomic mass is 32.1. The smallest absolute Gasteiger partial charge is 0.229 e. The molecule has 0 spiro atoms. The zero-order valence-corrected chi connectivity index (χ0v) is 16.1. The van der Waals surface area contributed by atoms with E-state index in [0.29, 0.717) is 26.3 Å². The van der Waals surface area contributed by atoms with Gasteiger partial charge in [-0.25, -0.2) is 4.98 Å². The minimum atomic E-state index is -0.199. The summed E-state index contributed by atoms with van der Waals surface area (Å²) in [4.78, 5) is 33.0. The number of aromatic nitrogens is 1. The molecule has 7 nitrogen and oxygen atoms in total. The van der Waals surface area contributed by atoms with E-state index in [0.717, 1.165) is 23.7 Å². The van der Waals surface area contributed by atoms with Crippen molar-refractivity contribution in [3.63, 3.8) is 0 Å². The van der Waals surface area contributed by atoms with Gasteiger partial charge in [0, 0.05) is 24.9 Å². The second-order valence-electron chi connectivity index (χ2n) is 6.56. The lowest BCUT2D eigenvalue weighted by atomic mass is 10.1. The van der Waals surface area contributed by atoms with Gasteiger partial charge in [-0.05, 0) is 34.0 Å². The first-order chi connectivity index (χ1) is 12.0. The van der Waals surface area contributed by atoms with Crippen LogP contribution in [-0.2, 0) is 20.7 Å². The van der Waals surface area contributed by atoms with Gasteiger partial charge in [-0.2, -0.15) is 0 Å². The first-order valence-electron chi connectivity index (χ1n) is 8.65. The molecule has 0 bridgehead atoms. The monoisotopic (exact) mass is 368 g/mol. The fourth-order valence-corrected chi connectivity index (χ4v) is 3.42. The summed E-state index contributed by atoms with van der Waals surface area (Å²) in [5.41, 5.74) is 0.797. The molecule has 0 aromatic carbocycles. The van der Waals surface area contributed by atoms with Crippen molar-refractivity contribution in [2.75, 3.05) is 46.9 Å². The molecule has 0 aliphatic carbocycles. The molecule has 0 unspecified atom stereocenters. The van der Waals surface area contributed by atoms with Crippen molar-refractivity contribution in [1.29, 1.82) is 0 Å². The number of amides is 2. The fraction of sp³-hybridized carbons (Fsp3) is 0.706. The summed E-state index contributed by atoms with van der Waals surface area (Å²) < 4.78 is 5.48. The minimum Gasteiger partial charge on any atom is -0.377 e. The molecule has 1 aromatic rings. The summed E-state index contributed by atoms with van der Waals surface area (Å²) in [6, 6.07) is -0.199. The lowest BCUT2D eigenvalue weighted by Crippen LogP contribution is -2.51. The van der Waals surface area contributed by atoms with Gasteiger partial charge in [-0.3, -0.25) is 9.59 Å². The molecule has 1 aliphatic rings. The molecule has 2 heterocycles. The second kappa shape index (κ2) is 9.84. The van der Waals surface area contributed by atoms with Crippen LogP contribution < -0.4 is 5.32 Å². The molecule has 25 heavy (non-hydrogen) atoms. The number of aryl methyl sites for hydroxylation is 1. The van der Waals surface area contributed by atoms with Crippen molar-refractivity contribution < 1.29 is 14.3 Å². The summed E-state index contributed by atoms with van der Waals surface area (Å²) in [5.74, 6) is -0.0180. The van der Waals surface area contributed by atoms with Crippen LogP contribution in [0.5, 0.6) is 0 Å². The van der Waals surface area contributed by atoms with Gasteiger partial charge in [-0.1, -0.05) is 0 Å². The minimum absolute atomic E-state index is 0.0130. The van der Waals surface area contributed by atoms with Crippen LogP contribution in [-0.4, -0.2) is 79.6 Å². The topological polar surface area (TPSA) is 74.8 Å². The first kappa shape index (κ1) is 19.8. The molecule has 1 aromatic heterocycles. The predicted octanol–water partition coefficient (Wildman–Crippen LogP) is 0.679. The van der Waals surface area contributed by atoms with Crippen molar-refractivity contribution in [2.24, 2.45) is 0 Å². The van der Waals surface area contributed by atoms with Gasteiger partial charge in [0.25, 0.3) is 0 Å². The van der Waals surface area contributed by atoms with E-state index < -0.39 is 0 Å². The third kappa shape index (κ3) is 6.72. The van der Waals surface area contributed by atoms with Gasteiger partial charge in [0.05, 0.1) is 36.4 Å². The average Bonchev–Trinajstić information content (AvgIpc) is 2.97. The maximum atomic E-state index is 12.6. The highest BCUT2D eigenvalue weighted by Crippen LogP contribution is 2.15. The van der Waals surface area contributed by atoms with Crippen LogP contribution in [0, 0.1) is 6.92 Å². The van der Waals surface area contributed by atoms with E-state index in [1.54, 1.807) is 16.2 Å². The Morgan fingerprint density at radius 1 is 1.48 bits per heavy atom. The molecule has 1 aliphatic heterocycles. The molecule has 1 atom stereocenters. The van der Waals surface area contributed by atoms with Crippen LogP contribution in [0.4, 0.5) is 0 Å². The molecule has 140 valence electrons. The number of hydrogen-bond donors (Lipinski definition) is 1. The van der Waals surface area contributed by atoms with Gasteiger partial charge in [-0.15, -0.1) is 11.3 Å². The standard InChI is InChI=1S/C17H28N4O3S/c1-13-19-14(12-25-13)9-17(23)21-7-8-24-11-15(21)10-16(22)18-5-4-6-20(2)3/h12,15H,4-11H2,1-3H3,(H,18,22)/t15-/m0/s1. The fourth-order valence-electron chi connectivity index (χ4n) is 2.81. The van der Waals surface area contributed by atoms with Gasteiger partial charge in [0.2, 0.25) is 11.8 Å². The SMILES string of the molecule is Cc1nc(CC(=O)N2CCOC[C@@H]2CC(=O)NCCCN(C)C)cs1. The van der Waals surface area contributed by atoms with Crippen molar-refractivity contribution in [2.45, 2.75) is 32.2 Å². The molecule has 1 N–H and O–H groups in total. The van der Waals surface area contributed by atoms with E-state index in [-0.39, 0.29) is 30.7 Å². The van der Waals surface area contributed by atoms with E-state index in [2.05, 4.69) is 15.2 Å². The van der Waals surface area contributed by atoms with Crippen molar-refractivity contribution >= 4 is 23.2 Å². The maximum absolute atomic E-state index is 12.6. The van der Waals surface area contributed by atoms with Crippen molar-refractivity contribution in [3.05, 3.63) is 16.1 Å². The normalized spacial score (nSPS) is 17.8. The third-order valence-corrected chi connectivity index (χ3v) is 4.89. The van der Waals surface area contributed by atoms with E-state index in [1.807, 2.05) is 26.4 Å². The lowest BCUT2D eigenvalue weighted by Gasteiger charge is -2.35. The first-order valence-corrected chi connectivity index (χ1v) is 9.53. The van der Waals surface area contributed by atoms with Crippen LogP contribution in [0.15, 0.2) is 5.38 Å². The number of ether oxygens (including phenoxy) is 1. The Balaban J connectivity index is 1.82. The highest BCUT2D eigenvalue weighted by molar-refractivity contribution is 7.09. The number of hydrogen-bond acceptors (Lipinski definition) is 6. The average molecular weight is 369 g/mol. The van der Waals surface area contributed by atoms with Crippen LogP contribution in [0.25, 0.3) is 0 Å². The molecule has 2 amide bonds. The van der Waals surface area contributed by atoms with Crippen LogP contribution in [0.1, 0.15) is 23.5 Å². The Morgan fingerprint density at radius 2 is 2.28 bits per heavy atom. The number of nitrogens with one attached hydrogen (secondary N) is 1. The summed E-state index contributed by atoms with van der Waals surface area (Å²) >= 11 is 1.54. The Kier molecular flexibility index (Phi) is 7.80. The summed E-state index contributed by atoms with van der Waals surface area (Å²) in [5, 5.41) is 5.80. The molecular formula is C17H28N4O3S. The highest BCUT2D eigenvalue weighted by Gasteiger charge is 2.29. The van der Waals surface area contributed by atoms with E-state index >= 15 is 0 Å². The lowest BCUT2D eigenvalue weighted by molar-refractivity contribution is -0.141. The van der Waals surface area contributed by atoms with Crippen molar-refractivity contribution in [1.82, 2.24) is 20.1 Å². The number of carbonyl (C=O) groups excluding carboxylic acids is 2. The molecule has 0 saturated carbocycles. The van der Waals surface area contributed by atoms with E-state index in [1.165, 1.54) is 0 Å². The quantitative estimate of drug-likeness (QED) is 0.683. The third-order valence-electron chi connectivity index (χ3n) is 4.07. The van der Waals surface area contributed by atoms with Gasteiger partial charge in [0.15, 0.2) is 0 Å². The Bertz CT molecular complexity index is 576. The molecule has 1 saturated heterocycles. The van der Waals surface area contributed by atoms with Crippen molar-refractivity contribution in [3.8, 4) is 0 Å². The summed E-state index contributed by atoms with van der Waals surface area (Å²) in [7, 11) is 4.02. The molecule has 0 radical (unpaired) electrons. The molecular weight excluding hydrogens is 340 g/mol. The maximum Gasteiger partial charge on any atom is 0.229 e. The number of morpholine rings is 1. The largest absolute Gasteiger partial charge is 0.377 e. The van der Waals surface area contributed by atoms with Gasteiger partial charge < -0.3 is 19.9 Å². The second-order valence-corrected chi connectivity index (χ2v) is 7.62. The van der Waals surface area contributed by atoms with E-state index in [4.69, 9.17) is 4.74 Å². The van der Waals surface area contributed by atoms with E-state index in [9.17, 15) is 9.59 Å². The number of carbonyl (C=O) groups is 2. The molecule has 1 fully saturated rings. The number of nitrogens with zero attached hydrogens (tertiary/aromatic N) is 3. The van der Waals surface area contributed by atoms with Gasteiger partial charge in [0.1, 0.15) is 0 Å². The summed E-state index contributed by atoms with van der Waals surface area (Å²) in [6.07, 6.45) is 1.47. The Hall–Kier alpha value is -1.51. The van der Waals surface area contributed by atoms with Crippen LogP contribution in [0.2, 0.25) is 0 Å². The molecule has 8 heteroatoms. The zero-order valence-electron chi connectivity index (χ0n) is 15.3. The van der Waals surface area contributed by atoms with Crippen LogP contribution in [0.3, 0.4) is 0 Å².